The van der Waals surface area contributed by atoms with E-state index in [1.165, 1.54) is 54.1 Å². The van der Waals surface area contributed by atoms with E-state index < -0.39 is 0 Å². The Bertz CT molecular complexity index is 4700. The lowest BCUT2D eigenvalue weighted by molar-refractivity contribution is 0.487. The molecule has 0 saturated carbocycles. The summed E-state index contributed by atoms with van der Waals surface area (Å²) in [6.07, 6.45) is 0. The van der Waals surface area contributed by atoms with Crippen molar-refractivity contribution in [2.75, 3.05) is 19.6 Å². The van der Waals surface area contributed by atoms with Crippen LogP contribution in [0.25, 0.3) is 22.3 Å². The lowest BCUT2D eigenvalue weighted by atomic mass is 9.31. The van der Waals surface area contributed by atoms with Gasteiger partial charge in [0.05, 0.1) is 11.4 Å². The zero-order chi connectivity index (χ0) is 58.4. The third-order valence-corrected chi connectivity index (χ3v) is 19.2. The smallest absolute Gasteiger partial charge is 0.256 e. The minimum atomic E-state index is -0.185. The molecule has 0 aromatic heterocycles. The van der Waals surface area contributed by atoms with Gasteiger partial charge in [0.1, 0.15) is 11.5 Å². The van der Waals surface area contributed by atoms with Gasteiger partial charge in [0.25, 0.3) is 6.71 Å². The quantitative estimate of drug-likeness (QED) is 0.126. The molecule has 13 aromatic carbocycles. The van der Waals surface area contributed by atoms with E-state index in [0.717, 1.165) is 102 Å². The van der Waals surface area contributed by atoms with E-state index in [9.17, 15) is 0 Å². The number of anilines is 12. The number of aryl methyl sites for hydroxylation is 2. The highest BCUT2D eigenvalue weighted by Crippen LogP contribution is 2.53. The van der Waals surface area contributed by atoms with Crippen molar-refractivity contribution in [2.24, 2.45) is 0 Å². The molecule has 0 saturated heterocycles. The third kappa shape index (κ3) is 8.50. The number of rotatable bonds is 10. The Labute approximate surface area is 519 Å². The maximum Gasteiger partial charge on any atom is 0.256 e. The van der Waals surface area contributed by atoms with Crippen molar-refractivity contribution in [2.45, 2.75) is 23.6 Å². The van der Waals surface area contributed by atoms with E-state index >= 15 is 0 Å². The standard InChI is InChI=1S/C80H56B2N4OS/c1-53-39-43-55(44-40-53)64-33-22-34-65(56-45-41-54(2)42-46-56)80(64)86-71-52-76-69(51-68(71)82-67-36-19-21-38-74(67)87-75-49-62(47-72(86)78(75)82)83(57-23-8-3-9-24-57)58-25-10-4-11-26-58)81-66-35-18-20-37-70(66)85(61-31-16-7-17-32-61)73-48-63(50-77(88-76)79(73)81)84(59-27-12-5-13-28-59)60-29-14-6-15-30-60/h3-52H,1-2H3. The lowest BCUT2D eigenvalue weighted by Crippen LogP contribution is -2.63. The number of hydrogen-bond acceptors (Lipinski definition) is 6. The Morgan fingerprint density at radius 3 is 1.36 bits per heavy atom. The van der Waals surface area contributed by atoms with Crippen LogP contribution in [0, 0.1) is 13.8 Å². The molecule has 0 radical (unpaired) electrons. The van der Waals surface area contributed by atoms with Crippen LogP contribution in [0.3, 0.4) is 0 Å². The summed E-state index contributed by atoms with van der Waals surface area (Å²) >= 11 is 1.90. The topological polar surface area (TPSA) is 22.2 Å². The Balaban J connectivity index is 0.981. The first-order valence-electron chi connectivity index (χ1n) is 30.3. The van der Waals surface area contributed by atoms with Crippen LogP contribution in [0.5, 0.6) is 11.5 Å². The molecular weight excluding hydrogens is 1090 g/mol. The molecule has 0 bridgehead atoms. The Kier molecular flexibility index (Phi) is 12.4. The fourth-order valence-electron chi connectivity index (χ4n) is 14.1. The highest BCUT2D eigenvalue weighted by molar-refractivity contribution is 8.00. The van der Waals surface area contributed by atoms with Crippen molar-refractivity contribution in [1.82, 2.24) is 0 Å². The minimum absolute atomic E-state index is 0.0984. The minimum Gasteiger partial charge on any atom is -0.458 e. The second-order valence-corrected chi connectivity index (χ2v) is 24.4. The van der Waals surface area contributed by atoms with E-state index in [4.69, 9.17) is 4.74 Å². The fourth-order valence-corrected chi connectivity index (χ4v) is 15.3. The van der Waals surface area contributed by atoms with E-state index in [0.29, 0.717) is 0 Å². The summed E-state index contributed by atoms with van der Waals surface area (Å²) in [6.45, 7) is 4.06. The van der Waals surface area contributed by atoms with E-state index in [1.807, 2.05) is 11.8 Å². The Morgan fingerprint density at radius 1 is 0.318 bits per heavy atom. The van der Waals surface area contributed by atoms with Gasteiger partial charge in [-0.25, -0.2) is 0 Å². The number of benzene rings is 13. The van der Waals surface area contributed by atoms with Crippen LogP contribution in [0.15, 0.2) is 313 Å². The van der Waals surface area contributed by atoms with Gasteiger partial charge in [-0.15, -0.1) is 0 Å². The number of para-hydroxylation sites is 8. The molecule has 0 spiro atoms. The van der Waals surface area contributed by atoms with Crippen LogP contribution in [0.4, 0.5) is 68.2 Å². The van der Waals surface area contributed by atoms with E-state index in [-0.39, 0.29) is 13.4 Å². The predicted octanol–water partition coefficient (Wildman–Crippen LogP) is 17.7. The largest absolute Gasteiger partial charge is 0.458 e. The monoisotopic (exact) mass is 1140 g/mol. The van der Waals surface area contributed by atoms with Crippen molar-refractivity contribution in [3.05, 3.63) is 314 Å². The fraction of sp³-hybridized carbons (Fsp3) is 0.0250. The highest BCUT2D eigenvalue weighted by Gasteiger charge is 2.47. The van der Waals surface area contributed by atoms with E-state index in [1.54, 1.807) is 0 Å². The van der Waals surface area contributed by atoms with Gasteiger partial charge in [-0.1, -0.05) is 229 Å². The molecule has 414 valence electrons. The van der Waals surface area contributed by atoms with Crippen LogP contribution in [0.1, 0.15) is 11.1 Å². The first-order valence-corrected chi connectivity index (χ1v) is 31.1. The molecule has 4 aliphatic heterocycles. The number of fused-ring (bicyclic) bond motifs is 8. The second kappa shape index (κ2) is 21.1. The Morgan fingerprint density at radius 2 is 0.795 bits per heavy atom. The average molecular weight is 1140 g/mol. The molecule has 0 fully saturated rings. The summed E-state index contributed by atoms with van der Waals surface area (Å²) in [7, 11) is 0. The van der Waals surface area contributed by atoms with Crippen molar-refractivity contribution < 1.29 is 4.74 Å². The van der Waals surface area contributed by atoms with Crippen LogP contribution >= 0.6 is 11.8 Å². The van der Waals surface area contributed by atoms with Gasteiger partial charge in [0.2, 0.25) is 6.71 Å². The molecule has 13 aromatic rings. The van der Waals surface area contributed by atoms with Gasteiger partial charge < -0.3 is 24.3 Å². The first-order chi connectivity index (χ1) is 43.5. The molecule has 17 rings (SSSR count). The van der Waals surface area contributed by atoms with Crippen LogP contribution < -0.4 is 57.1 Å². The number of nitrogens with zero attached hydrogens (tertiary/aromatic N) is 4. The van der Waals surface area contributed by atoms with Crippen molar-refractivity contribution in [3.8, 4) is 33.8 Å². The maximum absolute atomic E-state index is 7.40. The SMILES string of the molecule is Cc1ccc(-c2cccc(-c3ccc(C)cc3)c2N2c3cc4c(cc3B3c5ccccc5Oc5cc(N(c6ccccc6)c6ccccc6)cc2c53)B2c3ccccc3N(c3ccccc3)c3cc(N(c5ccccc5)c5ccccc5)cc(c32)S4)cc1. The number of hydrogen-bond donors (Lipinski definition) is 0. The van der Waals surface area contributed by atoms with Crippen LogP contribution in [0.2, 0.25) is 0 Å². The zero-order valence-corrected chi connectivity index (χ0v) is 49.4. The molecule has 0 N–H and O–H groups in total. The maximum atomic E-state index is 7.40. The van der Waals surface area contributed by atoms with Crippen molar-refractivity contribution in [1.29, 1.82) is 0 Å². The van der Waals surface area contributed by atoms with Crippen LogP contribution in [-0.2, 0) is 0 Å². The van der Waals surface area contributed by atoms with Crippen LogP contribution in [-0.4, -0.2) is 13.4 Å². The van der Waals surface area contributed by atoms with Gasteiger partial charge in [0.15, 0.2) is 0 Å². The lowest BCUT2D eigenvalue weighted by Gasteiger charge is -2.44. The molecule has 4 aliphatic rings. The number of ether oxygens (including phenoxy) is 1. The summed E-state index contributed by atoms with van der Waals surface area (Å²) in [5.41, 5.74) is 27.5. The Hall–Kier alpha value is -10.7. The molecular formula is C80H56B2N4OS. The normalized spacial score (nSPS) is 12.8. The first kappa shape index (κ1) is 51.7. The summed E-state index contributed by atoms with van der Waals surface area (Å²) in [5, 5.41) is 0. The summed E-state index contributed by atoms with van der Waals surface area (Å²) in [4.78, 5) is 12.4. The molecule has 4 heterocycles. The second-order valence-electron chi connectivity index (χ2n) is 23.3. The van der Waals surface area contributed by atoms with Gasteiger partial charge in [-0.2, -0.15) is 0 Å². The van der Waals surface area contributed by atoms with E-state index in [2.05, 4.69) is 337 Å². The average Bonchev–Trinajstić information content (AvgIpc) is 1.01. The molecule has 0 aliphatic carbocycles. The van der Waals surface area contributed by atoms with Gasteiger partial charge in [-0.3, -0.25) is 0 Å². The third-order valence-electron chi connectivity index (χ3n) is 18.0. The zero-order valence-electron chi connectivity index (χ0n) is 48.6. The van der Waals surface area contributed by atoms with Gasteiger partial charge in [0, 0.05) is 83.9 Å². The summed E-state index contributed by atoms with van der Waals surface area (Å²) in [6, 6.07) is 112. The van der Waals surface area contributed by atoms with Gasteiger partial charge in [-0.05, 0) is 149 Å². The molecule has 0 unspecified atom stereocenters. The molecule has 88 heavy (non-hydrogen) atoms. The molecule has 0 amide bonds. The molecule has 0 atom stereocenters. The molecule has 8 heteroatoms. The highest BCUT2D eigenvalue weighted by atomic mass is 32.2. The predicted molar refractivity (Wildman–Crippen MR) is 372 cm³/mol. The summed E-state index contributed by atoms with van der Waals surface area (Å²) in [5.74, 6) is 1.70. The van der Waals surface area contributed by atoms with Crippen molar-refractivity contribution >= 4 is 126 Å². The van der Waals surface area contributed by atoms with Gasteiger partial charge >= 0.3 is 0 Å². The molecule has 5 nitrogen and oxygen atoms in total. The van der Waals surface area contributed by atoms with Crippen molar-refractivity contribution in [3.63, 3.8) is 0 Å². The summed E-state index contributed by atoms with van der Waals surface area (Å²) < 4.78 is 7.40.